The Morgan fingerprint density at radius 2 is 1.89 bits per heavy atom. The lowest BCUT2D eigenvalue weighted by atomic mass is 9.77. The fraction of sp³-hybridized carbons (Fsp3) is 0.727. The van der Waals surface area contributed by atoms with Crippen LogP contribution in [0.1, 0.15) is 44.3 Å². The second-order valence-electron chi connectivity index (χ2n) is 5.02. The van der Waals surface area contributed by atoms with Crippen LogP contribution in [0.4, 0.5) is 5.95 Å². The molecular weight excluding hydrogens is 234 g/mol. The van der Waals surface area contributed by atoms with E-state index >= 15 is 0 Å². The fourth-order valence-electron chi connectivity index (χ4n) is 2.63. The summed E-state index contributed by atoms with van der Waals surface area (Å²) < 4.78 is 1.18. The summed E-state index contributed by atoms with van der Waals surface area (Å²) in [5, 5.41) is 17.1. The first-order valence-corrected chi connectivity index (χ1v) is 6.23. The highest BCUT2D eigenvalue weighted by molar-refractivity contribution is 5.75. The number of carbonyl (C=O) groups is 1. The standard InChI is InChI=1S/C11H19N5O2/c12-10-15-14-8(16(10)13)7-11(9(17)18)5-3-1-2-4-6-11/h1-7,13H2,(H2,12,15)(H,17,18). The van der Waals surface area contributed by atoms with E-state index in [0.717, 1.165) is 25.7 Å². The smallest absolute Gasteiger partial charge is 0.310 e. The second kappa shape index (κ2) is 4.83. The number of aromatic nitrogens is 3. The molecule has 5 N–H and O–H groups in total. The largest absolute Gasteiger partial charge is 0.481 e. The molecule has 0 aromatic carbocycles. The van der Waals surface area contributed by atoms with Gasteiger partial charge in [0.25, 0.3) is 0 Å². The van der Waals surface area contributed by atoms with Crippen molar-refractivity contribution in [3.05, 3.63) is 5.82 Å². The van der Waals surface area contributed by atoms with Crippen molar-refractivity contribution < 1.29 is 9.90 Å². The van der Waals surface area contributed by atoms with Crippen LogP contribution in [-0.4, -0.2) is 25.9 Å². The maximum absolute atomic E-state index is 11.6. The molecule has 0 unspecified atom stereocenters. The molecule has 0 amide bonds. The van der Waals surface area contributed by atoms with Crippen LogP contribution in [0.2, 0.25) is 0 Å². The highest BCUT2D eigenvalue weighted by atomic mass is 16.4. The maximum Gasteiger partial charge on any atom is 0.310 e. The molecule has 0 saturated heterocycles. The van der Waals surface area contributed by atoms with Crippen LogP contribution in [0.3, 0.4) is 0 Å². The van der Waals surface area contributed by atoms with E-state index in [1.165, 1.54) is 4.68 Å². The minimum Gasteiger partial charge on any atom is -0.481 e. The Balaban J connectivity index is 2.25. The Kier molecular flexibility index (Phi) is 3.40. The first kappa shape index (κ1) is 12.7. The van der Waals surface area contributed by atoms with Crippen LogP contribution < -0.4 is 11.6 Å². The van der Waals surface area contributed by atoms with E-state index in [1.807, 2.05) is 0 Å². The van der Waals surface area contributed by atoms with Gasteiger partial charge in [-0.1, -0.05) is 25.7 Å². The van der Waals surface area contributed by atoms with Crippen molar-refractivity contribution in [3.8, 4) is 0 Å². The van der Waals surface area contributed by atoms with Crippen molar-refractivity contribution in [1.29, 1.82) is 0 Å². The van der Waals surface area contributed by atoms with Crippen molar-refractivity contribution in [1.82, 2.24) is 14.9 Å². The predicted molar refractivity (Wildman–Crippen MR) is 66.1 cm³/mol. The minimum absolute atomic E-state index is 0.110. The lowest BCUT2D eigenvalue weighted by molar-refractivity contribution is -0.150. The van der Waals surface area contributed by atoms with Crippen LogP contribution in [0.15, 0.2) is 0 Å². The summed E-state index contributed by atoms with van der Waals surface area (Å²) in [5.74, 6) is 5.47. The van der Waals surface area contributed by atoms with Crippen LogP contribution >= 0.6 is 0 Å². The van der Waals surface area contributed by atoms with E-state index in [9.17, 15) is 9.90 Å². The molecule has 100 valence electrons. The molecule has 0 aliphatic heterocycles. The molecule has 1 aliphatic carbocycles. The van der Waals surface area contributed by atoms with Gasteiger partial charge in [-0.2, -0.15) is 0 Å². The molecule has 0 atom stereocenters. The molecule has 1 aromatic rings. The Labute approximate surface area is 105 Å². The molecule has 18 heavy (non-hydrogen) atoms. The van der Waals surface area contributed by atoms with Gasteiger partial charge in [-0.3, -0.25) is 4.79 Å². The molecule has 0 spiro atoms. The van der Waals surface area contributed by atoms with Crippen molar-refractivity contribution in [2.75, 3.05) is 11.6 Å². The zero-order chi connectivity index (χ0) is 13.2. The summed E-state index contributed by atoms with van der Waals surface area (Å²) in [6.45, 7) is 0. The predicted octanol–water partition coefficient (Wildman–Crippen LogP) is 0.542. The van der Waals surface area contributed by atoms with Gasteiger partial charge in [0.1, 0.15) is 0 Å². The molecule has 7 nitrogen and oxygen atoms in total. The first-order chi connectivity index (χ1) is 8.55. The summed E-state index contributed by atoms with van der Waals surface area (Å²) in [7, 11) is 0. The fourth-order valence-corrected chi connectivity index (χ4v) is 2.63. The van der Waals surface area contributed by atoms with Gasteiger partial charge in [-0.25, -0.2) is 4.68 Å². The van der Waals surface area contributed by atoms with Crippen LogP contribution in [0.5, 0.6) is 0 Å². The number of nitrogens with two attached hydrogens (primary N) is 2. The number of rotatable bonds is 3. The lowest BCUT2D eigenvalue weighted by Crippen LogP contribution is -2.34. The quantitative estimate of drug-likeness (QED) is 0.534. The molecule has 1 fully saturated rings. The number of hydrogen-bond donors (Lipinski definition) is 3. The summed E-state index contributed by atoms with van der Waals surface area (Å²) in [6.07, 6.45) is 5.66. The second-order valence-corrected chi connectivity index (χ2v) is 5.02. The molecule has 1 saturated carbocycles. The normalized spacial score (nSPS) is 19.3. The number of carboxylic acids is 1. The molecule has 7 heteroatoms. The number of aliphatic carboxylic acids is 1. The first-order valence-electron chi connectivity index (χ1n) is 6.23. The highest BCUT2D eigenvalue weighted by Gasteiger charge is 2.40. The van der Waals surface area contributed by atoms with Crippen molar-refractivity contribution >= 4 is 11.9 Å². The van der Waals surface area contributed by atoms with Gasteiger partial charge in [-0.05, 0) is 12.8 Å². The molecule has 1 heterocycles. The SMILES string of the molecule is Nc1nnc(CC2(C(=O)O)CCCCCC2)n1N. The van der Waals surface area contributed by atoms with Gasteiger partial charge in [0.15, 0.2) is 5.82 Å². The van der Waals surface area contributed by atoms with E-state index in [2.05, 4.69) is 10.2 Å². The van der Waals surface area contributed by atoms with Gasteiger partial charge < -0.3 is 16.7 Å². The van der Waals surface area contributed by atoms with Gasteiger partial charge in [0, 0.05) is 6.42 Å². The third kappa shape index (κ3) is 2.25. The monoisotopic (exact) mass is 253 g/mol. The average molecular weight is 253 g/mol. The number of hydrogen-bond acceptors (Lipinski definition) is 5. The van der Waals surface area contributed by atoms with E-state index in [-0.39, 0.29) is 5.95 Å². The van der Waals surface area contributed by atoms with Crippen LogP contribution in [0.25, 0.3) is 0 Å². The van der Waals surface area contributed by atoms with Crippen molar-refractivity contribution in [2.45, 2.75) is 44.9 Å². The Morgan fingerprint density at radius 3 is 2.33 bits per heavy atom. The summed E-state index contributed by atoms with van der Waals surface area (Å²) in [6, 6.07) is 0. The van der Waals surface area contributed by atoms with Gasteiger partial charge in [0.05, 0.1) is 5.41 Å². The van der Waals surface area contributed by atoms with E-state index < -0.39 is 11.4 Å². The number of nitrogens with zero attached hydrogens (tertiary/aromatic N) is 3. The maximum atomic E-state index is 11.6. The molecule has 0 radical (unpaired) electrons. The van der Waals surface area contributed by atoms with Crippen molar-refractivity contribution in [3.63, 3.8) is 0 Å². The third-order valence-electron chi connectivity index (χ3n) is 3.80. The number of nitrogen functional groups attached to an aromatic ring is 2. The number of anilines is 1. The zero-order valence-corrected chi connectivity index (χ0v) is 10.3. The van der Waals surface area contributed by atoms with Crippen LogP contribution in [-0.2, 0) is 11.2 Å². The summed E-state index contributed by atoms with van der Waals surface area (Å²) >= 11 is 0. The molecule has 1 aromatic heterocycles. The molecule has 2 rings (SSSR count). The van der Waals surface area contributed by atoms with Crippen molar-refractivity contribution in [2.24, 2.45) is 5.41 Å². The summed E-state index contributed by atoms with van der Waals surface area (Å²) in [4.78, 5) is 11.6. The molecule has 0 bridgehead atoms. The average Bonchev–Trinajstić information content (AvgIpc) is 2.59. The van der Waals surface area contributed by atoms with Gasteiger partial charge in [-0.15, -0.1) is 10.2 Å². The molecular formula is C11H19N5O2. The minimum atomic E-state index is -0.772. The highest BCUT2D eigenvalue weighted by Crippen LogP contribution is 2.38. The van der Waals surface area contributed by atoms with E-state index in [0.29, 0.717) is 25.1 Å². The number of carboxylic acid groups (broad SMARTS) is 1. The van der Waals surface area contributed by atoms with Crippen LogP contribution in [0, 0.1) is 5.41 Å². The topological polar surface area (TPSA) is 120 Å². The van der Waals surface area contributed by atoms with E-state index in [4.69, 9.17) is 11.6 Å². The zero-order valence-electron chi connectivity index (χ0n) is 10.3. The Hall–Kier alpha value is -1.79. The molecule has 1 aliphatic rings. The lowest BCUT2D eigenvalue weighted by Gasteiger charge is -2.27. The summed E-state index contributed by atoms with van der Waals surface area (Å²) in [5.41, 5.74) is 4.74. The van der Waals surface area contributed by atoms with Gasteiger partial charge >= 0.3 is 5.97 Å². The third-order valence-corrected chi connectivity index (χ3v) is 3.80. The Morgan fingerprint density at radius 1 is 1.28 bits per heavy atom. The Bertz CT molecular complexity index is 435. The van der Waals surface area contributed by atoms with E-state index in [1.54, 1.807) is 0 Å². The van der Waals surface area contributed by atoms with Gasteiger partial charge in [0.2, 0.25) is 5.95 Å².